The van der Waals surface area contributed by atoms with Crippen molar-refractivity contribution in [3.63, 3.8) is 0 Å². The van der Waals surface area contributed by atoms with Crippen LogP contribution in [0.2, 0.25) is 0 Å². The van der Waals surface area contributed by atoms with Gasteiger partial charge in [0, 0.05) is 4.91 Å². The van der Waals surface area contributed by atoms with Crippen molar-refractivity contribution in [2.24, 2.45) is 5.11 Å². The van der Waals surface area contributed by atoms with Crippen molar-refractivity contribution in [1.82, 2.24) is 0 Å². The van der Waals surface area contributed by atoms with Gasteiger partial charge in [-0.2, -0.15) is 0 Å². The van der Waals surface area contributed by atoms with Crippen LogP contribution in [-0.2, 0) is 0 Å². The molecule has 0 radical (unpaired) electrons. The maximum absolute atomic E-state index is 12.9. The van der Waals surface area contributed by atoms with E-state index in [2.05, 4.69) is 5.11 Å². The van der Waals surface area contributed by atoms with Crippen LogP contribution in [0.15, 0.2) is 5.11 Å². The van der Waals surface area contributed by atoms with E-state index in [1.165, 1.54) is 0 Å². The second-order valence-corrected chi connectivity index (χ2v) is 2.47. The van der Waals surface area contributed by atoms with Crippen molar-refractivity contribution in [2.45, 2.75) is 0 Å². The summed E-state index contributed by atoms with van der Waals surface area (Å²) in [7, 11) is 0. The Morgan fingerprint density at radius 3 is 1.82 bits per heavy atom. The van der Waals surface area contributed by atoms with Gasteiger partial charge in [0.2, 0.25) is 0 Å². The molecule has 0 amide bonds. The molecule has 0 saturated heterocycles. The van der Waals surface area contributed by atoms with Crippen LogP contribution in [0.1, 0.15) is 10.4 Å². The fourth-order valence-electron chi connectivity index (χ4n) is 0.940. The van der Waals surface area contributed by atoms with Gasteiger partial charge < -0.3 is 5.11 Å². The van der Waals surface area contributed by atoms with Crippen molar-refractivity contribution in [2.75, 3.05) is 0 Å². The summed E-state index contributed by atoms with van der Waals surface area (Å²) in [6.45, 7) is 0. The molecule has 0 bridgehead atoms. The van der Waals surface area contributed by atoms with E-state index in [0.29, 0.717) is 0 Å². The molecule has 1 rings (SSSR count). The summed E-state index contributed by atoms with van der Waals surface area (Å²) in [5, 5.41) is 10.7. The van der Waals surface area contributed by atoms with Gasteiger partial charge in [0.25, 0.3) is 0 Å². The predicted molar refractivity (Wildman–Crippen MR) is 49.2 cm³/mol. The number of carbonyl (C=O) groups is 1. The van der Waals surface area contributed by atoms with Crippen molar-refractivity contribution >= 4 is 41.2 Å². The van der Waals surface area contributed by atoms with Crippen LogP contribution in [0.5, 0.6) is 0 Å². The normalized spacial score (nSPS) is 9.18. The first-order valence-electron chi connectivity index (χ1n) is 3.56. The zero-order valence-electron chi connectivity index (χ0n) is 7.21. The summed E-state index contributed by atoms with van der Waals surface area (Å²) >= 11 is 0. The molecule has 0 spiro atoms. The third-order valence-corrected chi connectivity index (χ3v) is 1.60. The van der Waals surface area contributed by atoms with Crippen LogP contribution in [0.4, 0.5) is 23.2 Å². The number of azide groups is 1. The average Bonchev–Trinajstić information content (AvgIpc) is 2.21. The van der Waals surface area contributed by atoms with Crippen LogP contribution in [0.3, 0.4) is 0 Å². The number of halogens is 4. The van der Waals surface area contributed by atoms with E-state index in [1.807, 2.05) is 4.91 Å². The standard InChI is InChI=1S/C7HF4N3O2.Na.H/c8-2-1(7(15)16)3(9)5(11)6(4(2)10)13-14-12;;/h(H,15,16);;. The van der Waals surface area contributed by atoms with Gasteiger partial charge in [-0.25, -0.2) is 22.4 Å². The molecule has 1 aromatic rings. The summed E-state index contributed by atoms with van der Waals surface area (Å²) < 4.78 is 51.7. The Morgan fingerprint density at radius 2 is 1.53 bits per heavy atom. The number of hydrogen-bond acceptors (Lipinski definition) is 2. The van der Waals surface area contributed by atoms with Gasteiger partial charge in [0.15, 0.2) is 23.3 Å². The van der Waals surface area contributed by atoms with Crippen molar-refractivity contribution in [3.05, 3.63) is 39.3 Å². The van der Waals surface area contributed by atoms with Crippen molar-refractivity contribution < 1.29 is 27.5 Å². The zero-order chi connectivity index (χ0) is 12.5. The van der Waals surface area contributed by atoms with Gasteiger partial charge in [-0.1, -0.05) is 5.11 Å². The molecule has 0 unspecified atom stereocenters. The number of aromatic carboxylic acids is 1. The number of carboxylic acids is 1. The molecule has 0 saturated carbocycles. The van der Waals surface area contributed by atoms with E-state index in [0.717, 1.165) is 0 Å². The molecular weight excluding hydrogens is 257 g/mol. The monoisotopic (exact) mass is 259 g/mol. The molecule has 10 heteroatoms. The predicted octanol–water partition coefficient (Wildman–Crippen LogP) is 2.23. The summed E-state index contributed by atoms with van der Waals surface area (Å²) in [5.41, 5.74) is 4.55. The van der Waals surface area contributed by atoms with Gasteiger partial charge in [-0.3, -0.25) is 0 Å². The summed E-state index contributed by atoms with van der Waals surface area (Å²) in [6.07, 6.45) is 0. The second kappa shape index (κ2) is 5.87. The van der Waals surface area contributed by atoms with E-state index in [4.69, 9.17) is 10.6 Å². The number of nitrogens with zero attached hydrogens (tertiary/aromatic N) is 3. The minimum atomic E-state index is -2.18. The Labute approximate surface area is 113 Å². The first-order valence-corrected chi connectivity index (χ1v) is 3.56. The van der Waals surface area contributed by atoms with E-state index < -0.39 is 40.5 Å². The third-order valence-electron chi connectivity index (χ3n) is 1.60. The second-order valence-electron chi connectivity index (χ2n) is 2.47. The van der Waals surface area contributed by atoms with E-state index >= 15 is 0 Å². The summed E-state index contributed by atoms with van der Waals surface area (Å²) in [4.78, 5) is 12.2. The molecule has 1 aromatic carbocycles. The molecular formula is C7H2F4N3NaO2. The first kappa shape index (κ1) is 15.7. The molecule has 0 aliphatic carbocycles. The quantitative estimate of drug-likeness (QED) is 0.220. The van der Waals surface area contributed by atoms with Gasteiger partial charge in [0.05, 0.1) is 0 Å². The average molecular weight is 259 g/mol. The molecule has 0 aliphatic heterocycles. The molecule has 0 aromatic heterocycles. The number of hydrogen-bond donors (Lipinski definition) is 1. The van der Waals surface area contributed by atoms with Crippen LogP contribution < -0.4 is 0 Å². The fourth-order valence-corrected chi connectivity index (χ4v) is 0.940. The number of carboxylic acid groups (broad SMARTS) is 1. The van der Waals surface area contributed by atoms with Gasteiger partial charge in [-0.05, 0) is 5.53 Å². The van der Waals surface area contributed by atoms with Gasteiger partial charge in [-0.15, -0.1) is 0 Å². The minimum absolute atomic E-state index is 0. The van der Waals surface area contributed by atoms with E-state index in [-0.39, 0.29) is 29.6 Å². The molecule has 17 heavy (non-hydrogen) atoms. The Morgan fingerprint density at radius 1 is 1.12 bits per heavy atom. The van der Waals surface area contributed by atoms with Crippen LogP contribution in [0, 0.1) is 23.3 Å². The topological polar surface area (TPSA) is 86.1 Å². The molecule has 5 nitrogen and oxygen atoms in total. The molecule has 1 N–H and O–H groups in total. The molecule has 0 aliphatic rings. The first-order chi connectivity index (χ1) is 7.41. The maximum atomic E-state index is 12.9. The van der Waals surface area contributed by atoms with Crippen molar-refractivity contribution in [3.8, 4) is 0 Å². The van der Waals surface area contributed by atoms with Gasteiger partial charge in [0.1, 0.15) is 11.3 Å². The SMILES string of the molecule is [N-]=[N+]=Nc1c(F)c(F)c(C(=O)O)c(F)c1F.[NaH]. The Balaban J connectivity index is 0.00000256. The number of benzene rings is 1. The zero-order valence-corrected chi connectivity index (χ0v) is 7.21. The van der Waals surface area contributed by atoms with Gasteiger partial charge >= 0.3 is 35.5 Å². The third kappa shape index (κ3) is 2.70. The fraction of sp³-hybridized carbons (Fsp3) is 0. The summed E-state index contributed by atoms with van der Waals surface area (Å²) in [5.74, 6) is -10.6. The van der Waals surface area contributed by atoms with Crippen molar-refractivity contribution in [1.29, 1.82) is 0 Å². The Bertz CT molecular complexity index is 468. The number of rotatable bonds is 2. The molecule has 0 atom stereocenters. The Kier molecular flexibility index (Phi) is 5.43. The van der Waals surface area contributed by atoms with Crippen LogP contribution in [-0.4, -0.2) is 40.6 Å². The van der Waals surface area contributed by atoms with E-state index in [1.54, 1.807) is 0 Å². The molecule has 0 fully saturated rings. The molecule has 0 heterocycles. The summed E-state index contributed by atoms with van der Waals surface area (Å²) in [6, 6.07) is 0. The van der Waals surface area contributed by atoms with Crippen LogP contribution in [0.25, 0.3) is 10.4 Å². The van der Waals surface area contributed by atoms with E-state index in [9.17, 15) is 22.4 Å². The van der Waals surface area contributed by atoms with Crippen LogP contribution >= 0.6 is 0 Å². The Hall–Kier alpha value is -1.28. The molecule has 86 valence electrons.